The molecule has 2 N–H and O–H groups in total. The van der Waals surface area contributed by atoms with Crippen molar-refractivity contribution in [2.45, 2.75) is 52.5 Å². The summed E-state index contributed by atoms with van der Waals surface area (Å²) >= 11 is 5.06. The quantitative estimate of drug-likeness (QED) is 0.636. The van der Waals surface area contributed by atoms with Gasteiger partial charge in [-0.2, -0.15) is 0 Å². The van der Waals surface area contributed by atoms with Crippen LogP contribution in [0.25, 0.3) is 0 Å². The van der Waals surface area contributed by atoms with Gasteiger partial charge in [0, 0.05) is 0 Å². The van der Waals surface area contributed by atoms with Gasteiger partial charge in [0.05, 0.1) is 0 Å². The lowest BCUT2D eigenvalue weighted by Crippen LogP contribution is -2.56. The minimum atomic E-state index is -0.470. The van der Waals surface area contributed by atoms with Gasteiger partial charge in [-0.1, -0.05) is 27.7 Å². The fourth-order valence-corrected chi connectivity index (χ4v) is 4.18. The molecule has 1 aliphatic heterocycles. The fraction of sp³-hybridized carbons (Fsp3) is 0.833. The zero-order chi connectivity index (χ0) is 12.2. The molecule has 2 rings (SSSR count). The smallest absolute Gasteiger partial charge is 0.251 e. The third kappa shape index (κ3) is 1.95. The average Bonchev–Trinajstić information content (AvgIpc) is 2.17. The molecule has 90 valence electrons. The highest BCUT2D eigenvalue weighted by molar-refractivity contribution is 7.80. The highest BCUT2D eigenvalue weighted by atomic mass is 32.1. The van der Waals surface area contributed by atoms with Crippen molar-refractivity contribution in [1.82, 2.24) is 10.6 Å². The first kappa shape index (κ1) is 11.8. The number of amides is 1. The lowest BCUT2D eigenvalue weighted by atomic mass is 9.58. The predicted octanol–water partition coefficient (Wildman–Crippen LogP) is 1.97. The maximum Gasteiger partial charge on any atom is 0.251 e. The van der Waals surface area contributed by atoms with E-state index < -0.39 is 5.54 Å². The standard InChI is InChI=1S/C12H20N2OS/c1-10(2)5-11(3,4)7-12(6-10)8(15)13-9(16)14-12/h5-7H2,1-4H3,(H2,13,14,15,16). The maximum atomic E-state index is 12.1. The summed E-state index contributed by atoms with van der Waals surface area (Å²) in [5, 5.41) is 6.42. The van der Waals surface area contributed by atoms with E-state index >= 15 is 0 Å². The van der Waals surface area contributed by atoms with Gasteiger partial charge in [0.2, 0.25) is 0 Å². The molecular weight excluding hydrogens is 220 g/mol. The van der Waals surface area contributed by atoms with Crippen LogP contribution < -0.4 is 10.6 Å². The first-order valence-corrected chi connectivity index (χ1v) is 6.19. The van der Waals surface area contributed by atoms with Crippen molar-refractivity contribution in [2.75, 3.05) is 0 Å². The first-order valence-electron chi connectivity index (χ1n) is 5.78. The summed E-state index contributed by atoms with van der Waals surface area (Å²) in [4.78, 5) is 12.1. The summed E-state index contributed by atoms with van der Waals surface area (Å²) < 4.78 is 0. The van der Waals surface area contributed by atoms with Gasteiger partial charge in [0.15, 0.2) is 5.11 Å². The van der Waals surface area contributed by atoms with Gasteiger partial charge in [-0.3, -0.25) is 4.79 Å². The number of carbonyl (C=O) groups excluding carboxylic acids is 1. The largest absolute Gasteiger partial charge is 0.348 e. The summed E-state index contributed by atoms with van der Waals surface area (Å²) in [6.45, 7) is 8.91. The molecule has 0 aromatic carbocycles. The van der Waals surface area contributed by atoms with Crippen LogP contribution in [0.4, 0.5) is 0 Å². The summed E-state index contributed by atoms with van der Waals surface area (Å²) in [5.41, 5.74) is -0.125. The number of hydrogen-bond acceptors (Lipinski definition) is 2. The zero-order valence-electron chi connectivity index (χ0n) is 10.4. The molecule has 2 fully saturated rings. The van der Waals surface area contributed by atoms with Crippen LogP contribution in [0, 0.1) is 10.8 Å². The van der Waals surface area contributed by atoms with E-state index in [4.69, 9.17) is 12.2 Å². The van der Waals surface area contributed by atoms with Crippen LogP contribution in [-0.2, 0) is 4.79 Å². The average molecular weight is 240 g/mol. The minimum absolute atomic E-state index is 0.0540. The Labute approximate surface area is 102 Å². The number of hydrogen-bond donors (Lipinski definition) is 2. The van der Waals surface area contributed by atoms with Gasteiger partial charge >= 0.3 is 0 Å². The second-order valence-corrected chi connectivity index (χ2v) is 7.26. The van der Waals surface area contributed by atoms with Gasteiger partial charge in [0.1, 0.15) is 5.54 Å². The van der Waals surface area contributed by atoms with Crippen molar-refractivity contribution in [3.05, 3.63) is 0 Å². The van der Waals surface area contributed by atoms with E-state index in [2.05, 4.69) is 38.3 Å². The number of nitrogens with one attached hydrogen (secondary N) is 2. The lowest BCUT2D eigenvalue weighted by molar-refractivity contribution is -0.129. The molecule has 0 atom stereocenters. The van der Waals surface area contributed by atoms with Crippen LogP contribution in [0.15, 0.2) is 0 Å². The fourth-order valence-electron chi connectivity index (χ4n) is 3.89. The van der Waals surface area contributed by atoms with E-state index in [-0.39, 0.29) is 16.7 Å². The normalized spacial score (nSPS) is 30.0. The highest BCUT2D eigenvalue weighted by Gasteiger charge is 2.54. The summed E-state index contributed by atoms with van der Waals surface area (Å²) in [5.74, 6) is 0.0540. The topological polar surface area (TPSA) is 41.1 Å². The van der Waals surface area contributed by atoms with E-state index in [9.17, 15) is 4.79 Å². The Hall–Kier alpha value is -0.640. The molecule has 1 spiro atoms. The van der Waals surface area contributed by atoms with Crippen LogP contribution >= 0.6 is 12.2 Å². The first-order chi connectivity index (χ1) is 7.14. The van der Waals surface area contributed by atoms with E-state index in [1.54, 1.807) is 0 Å². The molecule has 2 aliphatic rings. The zero-order valence-corrected chi connectivity index (χ0v) is 11.3. The SMILES string of the molecule is CC1(C)CC(C)(C)CC2(C1)NC(=S)NC2=O. The minimum Gasteiger partial charge on any atom is -0.348 e. The van der Waals surface area contributed by atoms with Gasteiger partial charge in [-0.25, -0.2) is 0 Å². The van der Waals surface area contributed by atoms with Crippen LogP contribution in [0.5, 0.6) is 0 Å². The lowest BCUT2D eigenvalue weighted by Gasteiger charge is -2.49. The van der Waals surface area contributed by atoms with Crippen LogP contribution in [-0.4, -0.2) is 16.6 Å². The molecule has 0 bridgehead atoms. The summed E-state index contributed by atoms with van der Waals surface area (Å²) in [7, 11) is 0. The molecule has 0 radical (unpaired) electrons. The van der Waals surface area contributed by atoms with Crippen molar-refractivity contribution >= 4 is 23.2 Å². The predicted molar refractivity (Wildman–Crippen MR) is 68.0 cm³/mol. The van der Waals surface area contributed by atoms with Gasteiger partial charge in [-0.15, -0.1) is 0 Å². The van der Waals surface area contributed by atoms with E-state index in [0.29, 0.717) is 5.11 Å². The molecule has 3 nitrogen and oxygen atoms in total. The van der Waals surface area contributed by atoms with Crippen molar-refractivity contribution in [3.63, 3.8) is 0 Å². The Bertz CT molecular complexity index is 344. The molecule has 1 aliphatic carbocycles. The molecule has 0 aromatic heterocycles. The third-order valence-electron chi connectivity index (χ3n) is 3.53. The number of carbonyl (C=O) groups is 1. The Balaban J connectivity index is 2.35. The van der Waals surface area contributed by atoms with Crippen LogP contribution in [0.3, 0.4) is 0 Å². The molecule has 1 saturated carbocycles. The monoisotopic (exact) mass is 240 g/mol. The summed E-state index contributed by atoms with van der Waals surface area (Å²) in [6.07, 6.45) is 2.86. The molecule has 1 saturated heterocycles. The number of thiocarbonyl (C=S) groups is 1. The van der Waals surface area contributed by atoms with Gasteiger partial charge < -0.3 is 10.6 Å². The highest BCUT2D eigenvalue weighted by Crippen LogP contribution is 2.50. The Kier molecular flexibility index (Phi) is 2.36. The molecule has 4 heteroatoms. The Morgan fingerprint density at radius 2 is 1.56 bits per heavy atom. The van der Waals surface area contributed by atoms with Crippen molar-refractivity contribution < 1.29 is 4.79 Å². The Morgan fingerprint density at radius 3 is 1.94 bits per heavy atom. The molecule has 0 aromatic rings. The van der Waals surface area contributed by atoms with E-state index in [1.165, 1.54) is 0 Å². The molecule has 16 heavy (non-hydrogen) atoms. The second kappa shape index (κ2) is 3.19. The Morgan fingerprint density at radius 1 is 1.06 bits per heavy atom. The van der Waals surface area contributed by atoms with E-state index in [0.717, 1.165) is 19.3 Å². The molecule has 1 heterocycles. The molecule has 0 unspecified atom stereocenters. The molecule has 1 amide bonds. The van der Waals surface area contributed by atoms with Crippen LogP contribution in [0.2, 0.25) is 0 Å². The van der Waals surface area contributed by atoms with Crippen LogP contribution in [0.1, 0.15) is 47.0 Å². The van der Waals surface area contributed by atoms with Gasteiger partial charge in [-0.05, 0) is 42.3 Å². The molecular formula is C12H20N2OS. The van der Waals surface area contributed by atoms with E-state index in [1.807, 2.05) is 0 Å². The third-order valence-corrected chi connectivity index (χ3v) is 3.74. The number of rotatable bonds is 0. The van der Waals surface area contributed by atoms with Crippen molar-refractivity contribution in [1.29, 1.82) is 0 Å². The summed E-state index contributed by atoms with van der Waals surface area (Å²) in [6, 6.07) is 0. The maximum absolute atomic E-state index is 12.1. The second-order valence-electron chi connectivity index (χ2n) is 6.85. The van der Waals surface area contributed by atoms with Gasteiger partial charge in [0.25, 0.3) is 5.91 Å². The van der Waals surface area contributed by atoms with Crippen molar-refractivity contribution in [2.24, 2.45) is 10.8 Å². The van der Waals surface area contributed by atoms with Crippen molar-refractivity contribution in [3.8, 4) is 0 Å².